The zero-order valence-corrected chi connectivity index (χ0v) is 11.6. The fourth-order valence-corrected chi connectivity index (χ4v) is 2.28. The number of nitrogens with zero attached hydrogens (tertiary/aromatic N) is 2. The van der Waals surface area contributed by atoms with Gasteiger partial charge in [-0.2, -0.15) is 0 Å². The summed E-state index contributed by atoms with van der Waals surface area (Å²) in [4.78, 5) is 6.92. The summed E-state index contributed by atoms with van der Waals surface area (Å²) in [6.45, 7) is 8.11. The first-order chi connectivity index (χ1) is 7.55. The highest BCUT2D eigenvalue weighted by Gasteiger charge is 2.25. The Labute approximate surface area is 106 Å². The molecule has 0 amide bonds. The number of hydrogen-bond donors (Lipinski definition) is 0. The fourth-order valence-electron chi connectivity index (χ4n) is 2.05. The van der Waals surface area contributed by atoms with Gasteiger partial charge in [-0.25, -0.2) is 0 Å². The van der Waals surface area contributed by atoms with Crippen LogP contribution in [0.4, 0.5) is 0 Å². The number of likely N-dealkylation sites (tertiary alicyclic amines) is 1. The average molecular weight is 283 g/mol. The highest BCUT2D eigenvalue weighted by molar-refractivity contribution is 9.10. The summed E-state index contributed by atoms with van der Waals surface area (Å²) in [5.41, 5.74) is 1.70. The van der Waals surface area contributed by atoms with Crippen LogP contribution in [0.3, 0.4) is 0 Å². The molecule has 0 atom stereocenters. The Balaban J connectivity index is 1.89. The molecule has 0 saturated carbocycles. The van der Waals surface area contributed by atoms with E-state index in [1.54, 1.807) is 0 Å². The van der Waals surface area contributed by atoms with E-state index in [-0.39, 0.29) is 0 Å². The first-order valence-corrected chi connectivity index (χ1v) is 6.67. The Morgan fingerprint density at radius 3 is 2.56 bits per heavy atom. The molecule has 0 radical (unpaired) electrons. The number of piperidine rings is 1. The number of rotatable bonds is 2. The summed E-state index contributed by atoms with van der Waals surface area (Å²) in [5, 5.41) is 0. The lowest BCUT2D eigenvalue weighted by molar-refractivity contribution is 0.126. The molecule has 88 valence electrons. The lowest BCUT2D eigenvalue weighted by atomic mass is 9.83. The maximum absolute atomic E-state index is 4.42. The second kappa shape index (κ2) is 4.84. The van der Waals surface area contributed by atoms with E-state index < -0.39 is 0 Å². The average Bonchev–Trinajstić information content (AvgIpc) is 2.24. The van der Waals surface area contributed by atoms with Crippen molar-refractivity contribution in [2.75, 3.05) is 13.1 Å². The van der Waals surface area contributed by atoms with Gasteiger partial charge in [-0.15, -0.1) is 0 Å². The Kier molecular flexibility index (Phi) is 3.65. The van der Waals surface area contributed by atoms with E-state index in [0.717, 1.165) is 11.0 Å². The molecule has 0 aliphatic carbocycles. The zero-order valence-electron chi connectivity index (χ0n) is 10.0. The molecule has 1 saturated heterocycles. The van der Waals surface area contributed by atoms with E-state index in [1.807, 2.05) is 6.20 Å². The molecular weight excluding hydrogens is 264 g/mol. The monoisotopic (exact) mass is 282 g/mol. The van der Waals surface area contributed by atoms with Crippen LogP contribution in [0.5, 0.6) is 0 Å². The van der Waals surface area contributed by atoms with E-state index in [4.69, 9.17) is 0 Å². The second-order valence-corrected chi connectivity index (χ2v) is 6.32. The molecule has 16 heavy (non-hydrogen) atoms. The predicted octanol–water partition coefficient (Wildman–Crippen LogP) is 3.47. The lowest BCUT2D eigenvalue weighted by Crippen LogP contribution is -2.36. The molecule has 0 N–H and O–H groups in total. The summed E-state index contributed by atoms with van der Waals surface area (Å²) in [7, 11) is 0. The van der Waals surface area contributed by atoms with Crippen LogP contribution in [0.25, 0.3) is 0 Å². The van der Waals surface area contributed by atoms with Crippen molar-refractivity contribution in [1.29, 1.82) is 0 Å². The summed E-state index contributed by atoms with van der Waals surface area (Å²) in [6.07, 6.45) is 4.47. The number of hydrogen-bond acceptors (Lipinski definition) is 2. The topological polar surface area (TPSA) is 16.1 Å². The fraction of sp³-hybridized carbons (Fsp3) is 0.615. The van der Waals surface area contributed by atoms with Crippen LogP contribution < -0.4 is 0 Å². The highest BCUT2D eigenvalue weighted by Crippen LogP contribution is 2.30. The Bertz CT molecular complexity index is 335. The van der Waals surface area contributed by atoms with E-state index in [9.17, 15) is 0 Å². The standard InChI is InChI=1S/C13H19BrN2/c1-13(2)5-7-16(8-6-13)10-12-4-3-11(14)9-15-12/h3-4,9H,5-8,10H2,1-2H3. The molecule has 0 unspecified atom stereocenters. The summed E-state index contributed by atoms with van der Waals surface area (Å²) < 4.78 is 1.05. The van der Waals surface area contributed by atoms with Gasteiger partial charge in [0, 0.05) is 17.2 Å². The molecule has 1 fully saturated rings. The predicted molar refractivity (Wildman–Crippen MR) is 70.2 cm³/mol. The van der Waals surface area contributed by atoms with Gasteiger partial charge >= 0.3 is 0 Å². The molecule has 1 aromatic heterocycles. The van der Waals surface area contributed by atoms with Crippen LogP contribution in [0.2, 0.25) is 0 Å². The quantitative estimate of drug-likeness (QED) is 0.826. The van der Waals surface area contributed by atoms with E-state index in [0.29, 0.717) is 5.41 Å². The third-order valence-corrected chi connectivity index (χ3v) is 3.85. The number of aromatic nitrogens is 1. The first-order valence-electron chi connectivity index (χ1n) is 5.88. The normalized spacial score (nSPS) is 20.9. The van der Waals surface area contributed by atoms with Crippen LogP contribution in [-0.2, 0) is 6.54 Å². The minimum absolute atomic E-state index is 0.531. The van der Waals surface area contributed by atoms with Gasteiger partial charge in [0.15, 0.2) is 0 Å². The van der Waals surface area contributed by atoms with Gasteiger partial charge in [-0.3, -0.25) is 9.88 Å². The van der Waals surface area contributed by atoms with Crippen LogP contribution in [-0.4, -0.2) is 23.0 Å². The molecule has 0 bridgehead atoms. The zero-order chi connectivity index (χ0) is 11.6. The maximum atomic E-state index is 4.42. The van der Waals surface area contributed by atoms with Gasteiger partial charge in [0.25, 0.3) is 0 Å². The third kappa shape index (κ3) is 3.29. The van der Waals surface area contributed by atoms with Gasteiger partial charge in [0.2, 0.25) is 0 Å². The Morgan fingerprint density at radius 1 is 1.31 bits per heavy atom. The molecule has 2 nitrogen and oxygen atoms in total. The summed E-state index contributed by atoms with van der Waals surface area (Å²) >= 11 is 3.41. The number of pyridine rings is 1. The van der Waals surface area contributed by atoms with Gasteiger partial charge < -0.3 is 0 Å². The molecule has 2 heterocycles. The van der Waals surface area contributed by atoms with Crippen molar-refractivity contribution in [2.45, 2.75) is 33.2 Å². The summed E-state index contributed by atoms with van der Waals surface area (Å²) in [5.74, 6) is 0. The molecular formula is C13H19BrN2. The largest absolute Gasteiger partial charge is 0.297 e. The van der Waals surface area contributed by atoms with Gasteiger partial charge in [-0.1, -0.05) is 13.8 Å². The Hall–Kier alpha value is -0.410. The van der Waals surface area contributed by atoms with Crippen molar-refractivity contribution in [1.82, 2.24) is 9.88 Å². The molecule has 1 aromatic rings. The molecule has 1 aliphatic rings. The smallest absolute Gasteiger partial charge is 0.0544 e. The van der Waals surface area contributed by atoms with Crippen molar-refractivity contribution < 1.29 is 0 Å². The van der Waals surface area contributed by atoms with Gasteiger partial charge in [0.05, 0.1) is 5.69 Å². The summed E-state index contributed by atoms with van der Waals surface area (Å²) in [6, 6.07) is 4.17. The minimum atomic E-state index is 0.531. The van der Waals surface area contributed by atoms with E-state index >= 15 is 0 Å². The molecule has 0 spiro atoms. The van der Waals surface area contributed by atoms with Crippen molar-refractivity contribution in [3.05, 3.63) is 28.5 Å². The SMILES string of the molecule is CC1(C)CCN(Cc2ccc(Br)cn2)CC1. The molecule has 2 rings (SSSR count). The molecule has 1 aliphatic heterocycles. The van der Waals surface area contributed by atoms with Crippen LogP contribution in [0.15, 0.2) is 22.8 Å². The third-order valence-electron chi connectivity index (χ3n) is 3.38. The van der Waals surface area contributed by atoms with Crippen molar-refractivity contribution >= 4 is 15.9 Å². The second-order valence-electron chi connectivity index (χ2n) is 5.41. The van der Waals surface area contributed by atoms with Crippen molar-refractivity contribution in [2.24, 2.45) is 5.41 Å². The van der Waals surface area contributed by atoms with Crippen molar-refractivity contribution in [3.8, 4) is 0 Å². The Morgan fingerprint density at radius 2 is 2.00 bits per heavy atom. The van der Waals surface area contributed by atoms with Crippen LogP contribution in [0.1, 0.15) is 32.4 Å². The van der Waals surface area contributed by atoms with Crippen LogP contribution in [0, 0.1) is 5.41 Å². The lowest BCUT2D eigenvalue weighted by Gasteiger charge is -2.36. The van der Waals surface area contributed by atoms with Gasteiger partial charge in [-0.05, 0) is 59.4 Å². The minimum Gasteiger partial charge on any atom is -0.297 e. The maximum Gasteiger partial charge on any atom is 0.0544 e. The van der Waals surface area contributed by atoms with Crippen molar-refractivity contribution in [3.63, 3.8) is 0 Å². The first kappa shape index (κ1) is 12.1. The van der Waals surface area contributed by atoms with Crippen LogP contribution >= 0.6 is 15.9 Å². The number of halogens is 1. The van der Waals surface area contributed by atoms with Gasteiger partial charge in [0.1, 0.15) is 0 Å². The molecule has 3 heteroatoms. The van der Waals surface area contributed by atoms with E-state index in [1.165, 1.54) is 31.6 Å². The highest BCUT2D eigenvalue weighted by atomic mass is 79.9. The van der Waals surface area contributed by atoms with E-state index in [2.05, 4.69) is 51.8 Å². The molecule has 0 aromatic carbocycles.